The summed E-state index contributed by atoms with van der Waals surface area (Å²) in [5.41, 5.74) is 0.224. The second kappa shape index (κ2) is 5.13. The Labute approximate surface area is 115 Å². The molecule has 0 amide bonds. The highest BCUT2D eigenvalue weighted by Gasteiger charge is 2.33. The van der Waals surface area contributed by atoms with Gasteiger partial charge < -0.3 is 4.74 Å². The van der Waals surface area contributed by atoms with E-state index in [2.05, 4.69) is 18.6 Å². The lowest BCUT2D eigenvalue weighted by Gasteiger charge is -2.18. The monoisotopic (exact) mass is 283 g/mol. The van der Waals surface area contributed by atoms with Gasteiger partial charge in [-0.25, -0.2) is 13.1 Å². The van der Waals surface area contributed by atoms with Crippen LogP contribution in [0.15, 0.2) is 29.2 Å². The Hall–Kier alpha value is -1.07. The van der Waals surface area contributed by atoms with Crippen LogP contribution in [0.5, 0.6) is 5.75 Å². The Morgan fingerprint density at radius 1 is 1.37 bits per heavy atom. The number of nitrogens with one attached hydrogen (secondary N) is 1. The van der Waals surface area contributed by atoms with Crippen LogP contribution in [-0.2, 0) is 10.0 Å². The molecule has 1 aliphatic rings. The fraction of sp³-hybridized carbons (Fsp3) is 0.571. The van der Waals surface area contributed by atoms with Crippen LogP contribution in [0.2, 0.25) is 0 Å². The van der Waals surface area contributed by atoms with E-state index in [0.717, 1.165) is 19.3 Å². The van der Waals surface area contributed by atoms with Gasteiger partial charge in [-0.05, 0) is 36.8 Å². The number of methoxy groups -OCH3 is 1. The molecule has 1 saturated carbocycles. The van der Waals surface area contributed by atoms with Gasteiger partial charge in [-0.2, -0.15) is 0 Å². The third kappa shape index (κ3) is 3.48. The summed E-state index contributed by atoms with van der Waals surface area (Å²) in [5, 5.41) is 0. The maximum Gasteiger partial charge on any atom is 0.240 e. The van der Waals surface area contributed by atoms with Crippen molar-refractivity contribution in [2.75, 3.05) is 7.11 Å². The standard InChI is InChI=1S/C14H21NO3S/c1-14(2)8-7-11(10-14)15-19(16,17)13-6-4-5-12(9-13)18-3/h4-6,9,11,15H,7-8,10H2,1-3H3. The van der Waals surface area contributed by atoms with E-state index in [0.29, 0.717) is 5.75 Å². The van der Waals surface area contributed by atoms with Gasteiger partial charge in [0, 0.05) is 12.1 Å². The lowest BCUT2D eigenvalue weighted by molar-refractivity contribution is 0.372. The third-order valence-electron chi connectivity index (χ3n) is 3.64. The molecule has 2 rings (SSSR count). The maximum atomic E-state index is 12.3. The summed E-state index contributed by atoms with van der Waals surface area (Å²) in [7, 11) is -1.93. The van der Waals surface area contributed by atoms with Crippen LogP contribution in [0.4, 0.5) is 0 Å². The number of benzene rings is 1. The minimum absolute atomic E-state index is 0.0335. The first kappa shape index (κ1) is 14.3. The molecule has 1 unspecified atom stereocenters. The summed E-state index contributed by atoms with van der Waals surface area (Å²) in [6.45, 7) is 4.35. The topological polar surface area (TPSA) is 55.4 Å². The van der Waals surface area contributed by atoms with Crippen LogP contribution in [0.1, 0.15) is 33.1 Å². The summed E-state index contributed by atoms with van der Waals surface area (Å²) in [4.78, 5) is 0.261. The first-order valence-electron chi connectivity index (χ1n) is 6.49. The molecule has 1 N–H and O–H groups in total. The summed E-state index contributed by atoms with van der Waals surface area (Å²) in [6.07, 6.45) is 2.84. The van der Waals surface area contributed by atoms with Crippen molar-refractivity contribution in [3.8, 4) is 5.75 Å². The molecule has 0 aromatic heterocycles. The van der Waals surface area contributed by atoms with Gasteiger partial charge in [0.25, 0.3) is 0 Å². The zero-order valence-corrected chi connectivity index (χ0v) is 12.5. The second-order valence-corrected chi connectivity index (χ2v) is 7.62. The van der Waals surface area contributed by atoms with Gasteiger partial charge in [0.15, 0.2) is 0 Å². The highest BCUT2D eigenvalue weighted by molar-refractivity contribution is 7.89. The molecule has 0 spiro atoms. The number of sulfonamides is 1. The summed E-state index contributed by atoms with van der Waals surface area (Å²) < 4.78 is 32.5. The summed E-state index contributed by atoms with van der Waals surface area (Å²) in [6, 6.07) is 6.59. The van der Waals surface area contributed by atoms with Gasteiger partial charge in [-0.15, -0.1) is 0 Å². The van der Waals surface area contributed by atoms with Crippen molar-refractivity contribution < 1.29 is 13.2 Å². The first-order valence-corrected chi connectivity index (χ1v) is 7.97. The number of rotatable bonds is 4. The zero-order chi connectivity index (χ0) is 14.1. The minimum Gasteiger partial charge on any atom is -0.497 e. The number of ether oxygens (including phenoxy) is 1. The fourth-order valence-electron chi connectivity index (χ4n) is 2.59. The van der Waals surface area contributed by atoms with E-state index >= 15 is 0 Å². The molecule has 5 heteroatoms. The third-order valence-corrected chi connectivity index (χ3v) is 5.16. The molecule has 0 radical (unpaired) electrons. The van der Waals surface area contributed by atoms with E-state index in [-0.39, 0.29) is 16.4 Å². The van der Waals surface area contributed by atoms with E-state index < -0.39 is 10.0 Å². The van der Waals surface area contributed by atoms with Crippen molar-refractivity contribution in [1.29, 1.82) is 0 Å². The molecule has 0 bridgehead atoms. The van der Waals surface area contributed by atoms with Gasteiger partial charge in [-0.3, -0.25) is 0 Å². The average molecular weight is 283 g/mol. The molecule has 106 valence electrons. The highest BCUT2D eigenvalue weighted by Crippen LogP contribution is 2.37. The molecule has 0 aliphatic heterocycles. The Morgan fingerprint density at radius 2 is 2.11 bits per heavy atom. The normalized spacial score (nSPS) is 22.4. The lowest BCUT2D eigenvalue weighted by atomic mass is 9.92. The van der Waals surface area contributed by atoms with Gasteiger partial charge in [-0.1, -0.05) is 19.9 Å². The molecule has 1 aromatic carbocycles. The quantitative estimate of drug-likeness (QED) is 0.924. The fourth-order valence-corrected chi connectivity index (χ4v) is 3.90. The molecular weight excluding hydrogens is 262 g/mol. The summed E-state index contributed by atoms with van der Waals surface area (Å²) in [5.74, 6) is 0.551. The Kier molecular flexibility index (Phi) is 3.87. The lowest BCUT2D eigenvalue weighted by Crippen LogP contribution is -2.33. The maximum absolute atomic E-state index is 12.3. The minimum atomic E-state index is -3.46. The van der Waals surface area contributed by atoms with Crippen LogP contribution < -0.4 is 9.46 Å². The molecule has 1 fully saturated rings. The molecule has 1 aromatic rings. The van der Waals surface area contributed by atoms with Crippen LogP contribution in [0, 0.1) is 5.41 Å². The summed E-state index contributed by atoms with van der Waals surface area (Å²) >= 11 is 0. The number of hydrogen-bond acceptors (Lipinski definition) is 3. The largest absolute Gasteiger partial charge is 0.497 e. The van der Waals surface area contributed by atoms with Crippen LogP contribution in [0.3, 0.4) is 0 Å². The SMILES string of the molecule is COc1cccc(S(=O)(=O)NC2CCC(C)(C)C2)c1. The smallest absolute Gasteiger partial charge is 0.240 e. The van der Waals surface area contributed by atoms with Gasteiger partial charge in [0.05, 0.1) is 12.0 Å². The highest BCUT2D eigenvalue weighted by atomic mass is 32.2. The second-order valence-electron chi connectivity index (χ2n) is 5.90. The van der Waals surface area contributed by atoms with Gasteiger partial charge >= 0.3 is 0 Å². The molecule has 1 atom stereocenters. The Morgan fingerprint density at radius 3 is 2.68 bits per heavy atom. The van der Waals surface area contributed by atoms with Crippen molar-refractivity contribution in [3.05, 3.63) is 24.3 Å². The van der Waals surface area contributed by atoms with E-state index in [9.17, 15) is 8.42 Å². The van der Waals surface area contributed by atoms with Crippen molar-refractivity contribution in [2.45, 2.75) is 44.0 Å². The Bertz CT molecular complexity index is 552. The van der Waals surface area contributed by atoms with Crippen LogP contribution >= 0.6 is 0 Å². The van der Waals surface area contributed by atoms with Crippen molar-refractivity contribution in [2.24, 2.45) is 5.41 Å². The number of hydrogen-bond donors (Lipinski definition) is 1. The van der Waals surface area contributed by atoms with Crippen molar-refractivity contribution >= 4 is 10.0 Å². The molecule has 0 heterocycles. The average Bonchev–Trinajstić information content (AvgIpc) is 2.68. The molecule has 4 nitrogen and oxygen atoms in total. The molecule has 19 heavy (non-hydrogen) atoms. The van der Waals surface area contributed by atoms with E-state index in [1.165, 1.54) is 7.11 Å². The van der Waals surface area contributed by atoms with E-state index in [1.807, 2.05) is 0 Å². The van der Waals surface area contributed by atoms with E-state index in [4.69, 9.17) is 4.74 Å². The van der Waals surface area contributed by atoms with Crippen LogP contribution in [-0.4, -0.2) is 21.6 Å². The predicted octanol–water partition coefficient (Wildman–Crippen LogP) is 2.55. The van der Waals surface area contributed by atoms with Crippen LogP contribution in [0.25, 0.3) is 0 Å². The molecule has 0 saturated heterocycles. The van der Waals surface area contributed by atoms with Gasteiger partial charge in [0.2, 0.25) is 10.0 Å². The molecule has 1 aliphatic carbocycles. The van der Waals surface area contributed by atoms with Gasteiger partial charge in [0.1, 0.15) is 5.75 Å². The zero-order valence-electron chi connectivity index (χ0n) is 11.6. The predicted molar refractivity (Wildman–Crippen MR) is 74.7 cm³/mol. The van der Waals surface area contributed by atoms with Crippen molar-refractivity contribution in [1.82, 2.24) is 4.72 Å². The molecular formula is C14H21NO3S. The van der Waals surface area contributed by atoms with E-state index in [1.54, 1.807) is 24.3 Å². The van der Waals surface area contributed by atoms with Crippen molar-refractivity contribution in [3.63, 3.8) is 0 Å². The first-order chi connectivity index (χ1) is 8.82. The Balaban J connectivity index is 2.14.